The van der Waals surface area contributed by atoms with Gasteiger partial charge in [-0.2, -0.15) is 0 Å². The molecule has 0 bridgehead atoms. The van der Waals surface area contributed by atoms with Gasteiger partial charge < -0.3 is 35.1 Å². The van der Waals surface area contributed by atoms with Gasteiger partial charge in [0.1, 0.15) is 0 Å². The first-order valence-corrected chi connectivity index (χ1v) is 8.73. The van der Waals surface area contributed by atoms with Gasteiger partial charge in [-0.05, 0) is 31.6 Å². The summed E-state index contributed by atoms with van der Waals surface area (Å²) in [5, 5.41) is 11.2. The lowest BCUT2D eigenvalue weighted by Crippen LogP contribution is -2.37. The van der Waals surface area contributed by atoms with E-state index in [9.17, 15) is 4.79 Å². The zero-order valence-electron chi connectivity index (χ0n) is 14.4. The molecule has 4 N–H and O–H groups in total. The van der Waals surface area contributed by atoms with E-state index in [0.29, 0.717) is 58.7 Å². The zero-order valence-corrected chi connectivity index (χ0v) is 14.4. The van der Waals surface area contributed by atoms with Crippen molar-refractivity contribution < 1.29 is 28.8 Å². The van der Waals surface area contributed by atoms with E-state index >= 15 is 0 Å². The first-order valence-electron chi connectivity index (χ1n) is 8.73. The number of carbonyl (C=O) groups is 1. The van der Waals surface area contributed by atoms with Crippen molar-refractivity contribution in [3.63, 3.8) is 0 Å². The molecular formula is C16H32N2O6. The lowest BCUT2D eigenvalue weighted by Gasteiger charge is -2.28. The monoisotopic (exact) mass is 348 g/mol. The Balaban J connectivity index is 1.80. The summed E-state index contributed by atoms with van der Waals surface area (Å²) in [4.78, 5) is 10.6. The highest BCUT2D eigenvalue weighted by Crippen LogP contribution is 2.24. The van der Waals surface area contributed by atoms with Crippen LogP contribution in [-0.4, -0.2) is 76.6 Å². The molecule has 0 aliphatic heterocycles. The van der Waals surface area contributed by atoms with E-state index in [0.717, 1.165) is 32.3 Å². The molecule has 142 valence electrons. The molecule has 0 radical (unpaired) electrons. The molecule has 1 rings (SSSR count). The summed E-state index contributed by atoms with van der Waals surface area (Å²) in [6.45, 7) is 5.16. The fourth-order valence-corrected chi connectivity index (χ4v) is 2.64. The van der Waals surface area contributed by atoms with Crippen LogP contribution in [0.2, 0.25) is 0 Å². The maximum Gasteiger partial charge on any atom is 0.404 e. The van der Waals surface area contributed by atoms with Crippen molar-refractivity contribution in [2.45, 2.75) is 31.7 Å². The first-order chi connectivity index (χ1) is 11.7. The van der Waals surface area contributed by atoms with Crippen LogP contribution in [0.3, 0.4) is 0 Å². The molecule has 8 nitrogen and oxygen atoms in total. The first kappa shape index (κ1) is 21.1. The number of amides is 1. The summed E-state index contributed by atoms with van der Waals surface area (Å²) in [7, 11) is 0. The Bertz CT molecular complexity index is 311. The molecule has 0 unspecified atom stereocenters. The van der Waals surface area contributed by atoms with Gasteiger partial charge in [0.05, 0.1) is 46.2 Å². The van der Waals surface area contributed by atoms with E-state index in [1.807, 2.05) is 0 Å². The average Bonchev–Trinajstić information content (AvgIpc) is 2.57. The predicted molar refractivity (Wildman–Crippen MR) is 89.2 cm³/mol. The third-order valence-corrected chi connectivity index (χ3v) is 3.91. The normalized spacial score (nSPS) is 20.9. The van der Waals surface area contributed by atoms with E-state index in [1.165, 1.54) is 0 Å². The maximum absolute atomic E-state index is 10.6. The van der Waals surface area contributed by atoms with Crippen LogP contribution in [0.15, 0.2) is 0 Å². The van der Waals surface area contributed by atoms with Gasteiger partial charge in [-0.15, -0.1) is 0 Å². The number of carboxylic acid groups (broad SMARTS) is 1. The van der Waals surface area contributed by atoms with Gasteiger partial charge >= 0.3 is 6.09 Å². The Kier molecular flexibility index (Phi) is 12.7. The SMILES string of the molecule is NCCOCCOCCOCCOCC1CCC(NC(=O)O)CC1. The molecule has 0 aromatic carbocycles. The standard InChI is InChI=1S/C16H32N2O6/c17-5-6-21-7-8-22-9-10-23-11-12-24-13-14-1-3-15(4-2-14)18-16(19)20/h14-15,18H,1-13,17H2,(H,19,20). The topological polar surface area (TPSA) is 112 Å². The fourth-order valence-electron chi connectivity index (χ4n) is 2.64. The van der Waals surface area contributed by atoms with Crippen LogP contribution in [0.5, 0.6) is 0 Å². The van der Waals surface area contributed by atoms with Crippen LogP contribution in [0, 0.1) is 5.92 Å². The predicted octanol–water partition coefficient (Wildman–Crippen LogP) is 0.838. The Morgan fingerprint density at radius 3 is 1.88 bits per heavy atom. The molecule has 24 heavy (non-hydrogen) atoms. The lowest BCUT2D eigenvalue weighted by molar-refractivity contribution is -0.00737. The Morgan fingerprint density at radius 2 is 1.38 bits per heavy atom. The van der Waals surface area contributed by atoms with Crippen molar-refractivity contribution in [2.75, 3.05) is 59.4 Å². The summed E-state index contributed by atoms with van der Waals surface area (Å²) < 4.78 is 21.6. The van der Waals surface area contributed by atoms with Gasteiger partial charge in [0.2, 0.25) is 0 Å². The summed E-state index contributed by atoms with van der Waals surface area (Å²) in [5.74, 6) is 0.522. The smallest absolute Gasteiger partial charge is 0.404 e. The third kappa shape index (κ3) is 11.6. The summed E-state index contributed by atoms with van der Waals surface area (Å²) in [5.41, 5.74) is 5.30. The molecule has 0 heterocycles. The van der Waals surface area contributed by atoms with Gasteiger partial charge in [0, 0.05) is 19.2 Å². The quantitative estimate of drug-likeness (QED) is 0.399. The Hall–Kier alpha value is -0.930. The molecule has 1 amide bonds. The second-order valence-electron chi connectivity index (χ2n) is 5.87. The number of nitrogens with one attached hydrogen (secondary N) is 1. The van der Waals surface area contributed by atoms with Gasteiger partial charge in [-0.25, -0.2) is 4.79 Å². The molecule has 0 aromatic rings. The van der Waals surface area contributed by atoms with Gasteiger partial charge in [-0.1, -0.05) is 0 Å². The highest BCUT2D eigenvalue weighted by atomic mass is 16.6. The molecule has 0 saturated heterocycles. The minimum atomic E-state index is -0.932. The van der Waals surface area contributed by atoms with Crippen LogP contribution < -0.4 is 11.1 Å². The van der Waals surface area contributed by atoms with Crippen molar-refractivity contribution in [1.29, 1.82) is 0 Å². The van der Waals surface area contributed by atoms with Crippen LogP contribution in [0.1, 0.15) is 25.7 Å². The van der Waals surface area contributed by atoms with Gasteiger partial charge in [0.25, 0.3) is 0 Å². The van der Waals surface area contributed by atoms with Crippen molar-refractivity contribution in [3.05, 3.63) is 0 Å². The minimum absolute atomic E-state index is 0.0998. The summed E-state index contributed by atoms with van der Waals surface area (Å²) >= 11 is 0. The van der Waals surface area contributed by atoms with Crippen molar-refractivity contribution in [3.8, 4) is 0 Å². The van der Waals surface area contributed by atoms with E-state index in [4.69, 9.17) is 29.8 Å². The molecule has 1 fully saturated rings. The molecule has 0 atom stereocenters. The average molecular weight is 348 g/mol. The molecule has 0 aromatic heterocycles. The van der Waals surface area contributed by atoms with Gasteiger partial charge in [-0.3, -0.25) is 0 Å². The molecule has 8 heteroatoms. The highest BCUT2D eigenvalue weighted by molar-refractivity contribution is 5.64. The van der Waals surface area contributed by atoms with E-state index in [2.05, 4.69) is 5.32 Å². The lowest BCUT2D eigenvalue weighted by atomic mass is 9.86. The van der Waals surface area contributed by atoms with Crippen LogP contribution in [0.4, 0.5) is 4.79 Å². The fraction of sp³-hybridized carbons (Fsp3) is 0.938. The van der Waals surface area contributed by atoms with Crippen LogP contribution in [-0.2, 0) is 18.9 Å². The van der Waals surface area contributed by atoms with E-state index < -0.39 is 6.09 Å². The molecular weight excluding hydrogens is 316 g/mol. The van der Waals surface area contributed by atoms with Gasteiger partial charge in [0.15, 0.2) is 0 Å². The zero-order chi connectivity index (χ0) is 17.5. The number of ether oxygens (including phenoxy) is 4. The van der Waals surface area contributed by atoms with Crippen molar-refractivity contribution >= 4 is 6.09 Å². The minimum Gasteiger partial charge on any atom is -0.465 e. The highest BCUT2D eigenvalue weighted by Gasteiger charge is 2.22. The number of rotatable bonds is 14. The largest absolute Gasteiger partial charge is 0.465 e. The van der Waals surface area contributed by atoms with E-state index in [-0.39, 0.29) is 6.04 Å². The third-order valence-electron chi connectivity index (χ3n) is 3.91. The second-order valence-corrected chi connectivity index (χ2v) is 5.87. The van der Waals surface area contributed by atoms with Crippen molar-refractivity contribution in [2.24, 2.45) is 11.7 Å². The molecule has 0 spiro atoms. The van der Waals surface area contributed by atoms with E-state index in [1.54, 1.807) is 0 Å². The molecule has 1 aliphatic carbocycles. The Morgan fingerprint density at radius 1 is 0.875 bits per heavy atom. The molecule has 1 aliphatic rings. The number of hydrogen-bond donors (Lipinski definition) is 3. The maximum atomic E-state index is 10.6. The van der Waals surface area contributed by atoms with Crippen LogP contribution in [0.25, 0.3) is 0 Å². The summed E-state index contributed by atoms with van der Waals surface area (Å²) in [6, 6.07) is 0.0998. The van der Waals surface area contributed by atoms with Crippen LogP contribution >= 0.6 is 0 Å². The molecule has 1 saturated carbocycles. The number of nitrogens with two attached hydrogens (primary N) is 1. The van der Waals surface area contributed by atoms with Crippen molar-refractivity contribution in [1.82, 2.24) is 5.32 Å². The Labute approximate surface area is 144 Å². The summed E-state index contributed by atoms with van der Waals surface area (Å²) in [6.07, 6.45) is 2.86. The second kappa shape index (κ2) is 14.4. The number of hydrogen-bond acceptors (Lipinski definition) is 6.